The van der Waals surface area contributed by atoms with Gasteiger partial charge in [0, 0.05) is 0 Å². The number of rotatable bonds is 12. The van der Waals surface area contributed by atoms with Gasteiger partial charge in [-0.05, 0) is 99.3 Å². The van der Waals surface area contributed by atoms with Gasteiger partial charge in [0.25, 0.3) is 5.56 Å². The second-order valence-electron chi connectivity index (χ2n) is 10.7. The first-order valence-corrected chi connectivity index (χ1v) is 16.0. The molecule has 10 heteroatoms. The van der Waals surface area contributed by atoms with Gasteiger partial charge in [-0.2, -0.15) is 0 Å². The van der Waals surface area contributed by atoms with E-state index in [4.69, 9.17) is 23.7 Å². The zero-order chi connectivity index (χ0) is 32.8. The van der Waals surface area contributed by atoms with E-state index in [1.54, 1.807) is 43.7 Å². The number of esters is 1. The molecule has 9 nitrogen and oxygen atoms in total. The number of thiazole rings is 1. The summed E-state index contributed by atoms with van der Waals surface area (Å²) in [5, 5.41) is 0. The summed E-state index contributed by atoms with van der Waals surface area (Å²) in [6.45, 7) is 10.9. The smallest absolute Gasteiger partial charge is 0.338 e. The zero-order valence-corrected chi connectivity index (χ0v) is 27.7. The number of hydrogen-bond donors (Lipinski definition) is 0. The number of aryl methyl sites for hydroxylation is 2. The number of ether oxygens (including phenoxy) is 5. The zero-order valence-electron chi connectivity index (χ0n) is 26.9. The Bertz CT molecular complexity index is 1940. The Morgan fingerprint density at radius 1 is 0.870 bits per heavy atom. The van der Waals surface area contributed by atoms with Gasteiger partial charge in [-0.3, -0.25) is 9.36 Å². The number of benzene rings is 3. The number of allylic oxidation sites excluding steroid dienone is 1. The quantitative estimate of drug-likeness (QED) is 0.153. The monoisotopic (exact) mass is 642 g/mol. The number of carbonyl (C=O) groups excluding carboxylic acids is 1. The van der Waals surface area contributed by atoms with Crippen LogP contribution in [-0.4, -0.2) is 44.1 Å². The molecule has 0 fully saturated rings. The van der Waals surface area contributed by atoms with Gasteiger partial charge in [-0.15, -0.1) is 0 Å². The van der Waals surface area contributed by atoms with E-state index in [9.17, 15) is 9.59 Å². The van der Waals surface area contributed by atoms with Crippen molar-refractivity contribution >= 4 is 23.4 Å². The lowest BCUT2D eigenvalue weighted by atomic mass is 9.96. The molecule has 1 aliphatic rings. The molecule has 0 amide bonds. The lowest BCUT2D eigenvalue weighted by molar-refractivity contribution is -0.139. The minimum absolute atomic E-state index is 0.205. The van der Waals surface area contributed by atoms with Crippen molar-refractivity contribution in [2.24, 2.45) is 4.99 Å². The summed E-state index contributed by atoms with van der Waals surface area (Å²) < 4.78 is 30.5. The van der Waals surface area contributed by atoms with Crippen molar-refractivity contribution in [1.29, 1.82) is 0 Å². The summed E-state index contributed by atoms with van der Waals surface area (Å²) in [5.74, 6) is 2.11. The van der Waals surface area contributed by atoms with Gasteiger partial charge in [-0.25, -0.2) is 9.79 Å². The minimum Gasteiger partial charge on any atom is -0.497 e. The van der Waals surface area contributed by atoms with Gasteiger partial charge >= 0.3 is 5.97 Å². The summed E-state index contributed by atoms with van der Waals surface area (Å²) in [7, 11) is 1.59. The number of aromatic nitrogens is 1. The highest BCUT2D eigenvalue weighted by molar-refractivity contribution is 7.07. The van der Waals surface area contributed by atoms with Gasteiger partial charge in [-0.1, -0.05) is 35.6 Å². The van der Waals surface area contributed by atoms with Crippen LogP contribution < -0.4 is 33.8 Å². The van der Waals surface area contributed by atoms with Crippen LogP contribution in [0.25, 0.3) is 6.08 Å². The van der Waals surface area contributed by atoms with E-state index in [0.717, 1.165) is 16.9 Å². The molecular formula is C36H38N2O7S. The molecule has 0 aliphatic carbocycles. The largest absolute Gasteiger partial charge is 0.497 e. The predicted molar refractivity (Wildman–Crippen MR) is 178 cm³/mol. The van der Waals surface area contributed by atoms with Crippen molar-refractivity contribution in [1.82, 2.24) is 4.57 Å². The molecule has 0 saturated heterocycles. The predicted octanol–water partition coefficient (Wildman–Crippen LogP) is 5.28. The van der Waals surface area contributed by atoms with Crippen molar-refractivity contribution in [3.8, 4) is 23.0 Å². The van der Waals surface area contributed by atoms with Gasteiger partial charge in [0.05, 0.1) is 42.2 Å². The van der Waals surface area contributed by atoms with E-state index in [2.05, 4.69) is 18.8 Å². The Balaban J connectivity index is 1.44. The second-order valence-corrected chi connectivity index (χ2v) is 11.7. The minimum atomic E-state index is -0.704. The third-order valence-electron chi connectivity index (χ3n) is 7.60. The molecular weight excluding hydrogens is 604 g/mol. The third kappa shape index (κ3) is 7.02. The molecule has 1 aromatic heterocycles. The van der Waals surface area contributed by atoms with E-state index in [1.807, 2.05) is 55.5 Å². The van der Waals surface area contributed by atoms with E-state index < -0.39 is 12.0 Å². The Hall–Kier alpha value is -4.83. The molecule has 4 aromatic rings. The molecule has 0 N–H and O–H groups in total. The molecule has 5 rings (SSSR count). The standard InChI is InChI=1S/C36H38N2O7S/c1-7-42-30-20-25(10-16-29(30)45-18-17-44-28-13-9-22(3)23(4)19-28)21-31-34(39)38-33(26-11-14-27(41-6)15-12-26)32(35(40)43-8-2)24(5)37-36(38)46-31/h9-16,19-21,33H,7-8,17-18H2,1-6H3. The fourth-order valence-electron chi connectivity index (χ4n) is 5.16. The van der Waals surface area contributed by atoms with Crippen LogP contribution in [0.3, 0.4) is 0 Å². The molecule has 240 valence electrons. The molecule has 2 heterocycles. The Labute approximate surface area is 272 Å². The number of methoxy groups -OCH3 is 1. The highest BCUT2D eigenvalue weighted by Gasteiger charge is 2.33. The van der Waals surface area contributed by atoms with Gasteiger partial charge in [0.15, 0.2) is 16.3 Å². The van der Waals surface area contributed by atoms with Gasteiger partial charge in [0.2, 0.25) is 0 Å². The topological polar surface area (TPSA) is 97.6 Å². The van der Waals surface area contributed by atoms with Crippen molar-refractivity contribution in [2.75, 3.05) is 33.5 Å². The SMILES string of the molecule is CCOC(=O)C1=C(C)N=c2sc(=Cc3ccc(OCCOc4ccc(C)c(C)c4)c(OCC)c3)c(=O)n2C1c1ccc(OC)cc1. The first-order valence-electron chi connectivity index (χ1n) is 15.2. The van der Waals surface area contributed by atoms with Crippen molar-refractivity contribution in [3.63, 3.8) is 0 Å². The number of fused-ring (bicyclic) bond motifs is 1. The maximum atomic E-state index is 14.0. The Morgan fingerprint density at radius 2 is 1.61 bits per heavy atom. The van der Waals surface area contributed by atoms with Crippen LogP contribution in [0.5, 0.6) is 23.0 Å². The normalized spacial score (nSPS) is 14.4. The van der Waals surface area contributed by atoms with Crippen molar-refractivity contribution in [2.45, 2.75) is 40.7 Å². The number of hydrogen-bond acceptors (Lipinski definition) is 9. The molecule has 0 saturated carbocycles. The van der Waals surface area contributed by atoms with Crippen LogP contribution in [0.1, 0.15) is 49.1 Å². The van der Waals surface area contributed by atoms with Crippen LogP contribution in [0, 0.1) is 13.8 Å². The van der Waals surface area contributed by atoms with E-state index >= 15 is 0 Å². The second kappa shape index (κ2) is 14.5. The highest BCUT2D eigenvalue weighted by Crippen LogP contribution is 2.32. The lowest BCUT2D eigenvalue weighted by Crippen LogP contribution is -2.39. The average molecular weight is 643 g/mol. The van der Waals surface area contributed by atoms with Crippen molar-refractivity contribution < 1.29 is 28.5 Å². The number of carbonyl (C=O) groups is 1. The molecule has 0 spiro atoms. The fourth-order valence-corrected chi connectivity index (χ4v) is 6.21. The summed E-state index contributed by atoms with van der Waals surface area (Å²) in [5.41, 5.74) is 4.46. The van der Waals surface area contributed by atoms with Gasteiger partial charge in [0.1, 0.15) is 24.7 Å². The molecule has 1 aliphatic heterocycles. The molecule has 1 atom stereocenters. The molecule has 46 heavy (non-hydrogen) atoms. The summed E-state index contributed by atoms with van der Waals surface area (Å²) in [4.78, 5) is 32.3. The Morgan fingerprint density at radius 3 is 2.30 bits per heavy atom. The molecule has 0 radical (unpaired) electrons. The van der Waals surface area contributed by atoms with Gasteiger partial charge < -0.3 is 23.7 Å². The molecule has 3 aromatic carbocycles. The van der Waals surface area contributed by atoms with E-state index in [-0.39, 0.29) is 12.2 Å². The highest BCUT2D eigenvalue weighted by atomic mass is 32.1. The maximum Gasteiger partial charge on any atom is 0.338 e. The van der Waals surface area contributed by atoms with Crippen molar-refractivity contribution in [3.05, 3.63) is 114 Å². The Kier molecular flexibility index (Phi) is 10.3. The number of nitrogens with zero attached hydrogens (tertiary/aromatic N) is 2. The van der Waals surface area contributed by atoms with Crippen LogP contribution in [-0.2, 0) is 9.53 Å². The van der Waals surface area contributed by atoms with Crippen LogP contribution in [0.4, 0.5) is 0 Å². The summed E-state index contributed by atoms with van der Waals surface area (Å²) in [6.07, 6.45) is 1.80. The lowest BCUT2D eigenvalue weighted by Gasteiger charge is -2.24. The third-order valence-corrected chi connectivity index (χ3v) is 8.58. The summed E-state index contributed by atoms with van der Waals surface area (Å²) in [6, 6.07) is 18.1. The maximum absolute atomic E-state index is 14.0. The molecule has 0 bridgehead atoms. The van der Waals surface area contributed by atoms with Crippen LogP contribution >= 0.6 is 11.3 Å². The first kappa shape index (κ1) is 32.6. The van der Waals surface area contributed by atoms with Crippen LogP contribution in [0.15, 0.2) is 81.7 Å². The van der Waals surface area contributed by atoms with Crippen LogP contribution in [0.2, 0.25) is 0 Å². The van der Waals surface area contributed by atoms with E-state index in [1.165, 1.54) is 22.5 Å². The van der Waals surface area contributed by atoms with E-state index in [0.29, 0.717) is 57.7 Å². The average Bonchev–Trinajstić information content (AvgIpc) is 3.35. The first-order chi connectivity index (χ1) is 22.2. The fraction of sp³-hybridized carbons (Fsp3) is 0.306. The molecule has 1 unspecified atom stereocenters. The summed E-state index contributed by atoms with van der Waals surface area (Å²) >= 11 is 1.26.